The Hall–Kier alpha value is -1.63. The molecule has 2 amide bonds. The van der Waals surface area contributed by atoms with Crippen molar-refractivity contribution in [3.8, 4) is 0 Å². The fraction of sp³-hybridized carbons (Fsp3) is 0.800. The third-order valence-corrected chi connectivity index (χ3v) is 4.25. The van der Waals surface area contributed by atoms with Gasteiger partial charge in [0.1, 0.15) is 6.04 Å². The SMILES string of the molecule is CCCC(NCC(=O)N1CCN(C(=O)C2CC2)CC1)C(=O)O. The predicted octanol–water partition coefficient (Wildman–Crippen LogP) is -0.0899. The predicted molar refractivity (Wildman–Crippen MR) is 80.2 cm³/mol. The van der Waals surface area contributed by atoms with Crippen LogP contribution < -0.4 is 5.32 Å². The molecule has 0 aromatic carbocycles. The molecule has 7 heteroatoms. The number of nitrogens with one attached hydrogen (secondary N) is 1. The second-order valence-electron chi connectivity index (χ2n) is 6.04. The topological polar surface area (TPSA) is 90.0 Å². The summed E-state index contributed by atoms with van der Waals surface area (Å²) in [4.78, 5) is 38.6. The Bertz CT molecular complexity index is 429. The van der Waals surface area contributed by atoms with Crippen LogP contribution in [0, 0.1) is 5.92 Å². The minimum Gasteiger partial charge on any atom is -0.480 e. The number of carbonyl (C=O) groups is 3. The van der Waals surface area contributed by atoms with E-state index in [-0.39, 0.29) is 24.3 Å². The highest BCUT2D eigenvalue weighted by molar-refractivity contribution is 5.82. The van der Waals surface area contributed by atoms with E-state index >= 15 is 0 Å². The number of nitrogens with zero attached hydrogens (tertiary/aromatic N) is 2. The van der Waals surface area contributed by atoms with E-state index in [1.54, 1.807) is 4.90 Å². The van der Waals surface area contributed by atoms with Crippen molar-refractivity contribution in [1.82, 2.24) is 15.1 Å². The molecule has 7 nitrogen and oxygen atoms in total. The minimum atomic E-state index is -0.922. The molecular formula is C15H25N3O4. The molecule has 2 fully saturated rings. The second-order valence-corrected chi connectivity index (χ2v) is 6.04. The lowest BCUT2D eigenvalue weighted by molar-refractivity contribution is -0.141. The van der Waals surface area contributed by atoms with Crippen LogP contribution in [0.15, 0.2) is 0 Å². The first-order valence-corrected chi connectivity index (χ1v) is 8.05. The van der Waals surface area contributed by atoms with Crippen LogP contribution in [0.2, 0.25) is 0 Å². The van der Waals surface area contributed by atoms with Gasteiger partial charge in [-0.25, -0.2) is 0 Å². The molecule has 1 unspecified atom stereocenters. The van der Waals surface area contributed by atoms with Crippen LogP contribution in [0.25, 0.3) is 0 Å². The number of amides is 2. The summed E-state index contributed by atoms with van der Waals surface area (Å²) in [6, 6.07) is -0.674. The summed E-state index contributed by atoms with van der Waals surface area (Å²) < 4.78 is 0. The van der Waals surface area contributed by atoms with Crippen LogP contribution in [0.4, 0.5) is 0 Å². The first-order valence-electron chi connectivity index (χ1n) is 8.05. The van der Waals surface area contributed by atoms with Crippen LogP contribution in [0.3, 0.4) is 0 Å². The van der Waals surface area contributed by atoms with Crippen LogP contribution in [0.1, 0.15) is 32.6 Å². The van der Waals surface area contributed by atoms with Gasteiger partial charge in [0.05, 0.1) is 6.54 Å². The van der Waals surface area contributed by atoms with Crippen molar-refractivity contribution in [1.29, 1.82) is 0 Å². The zero-order valence-electron chi connectivity index (χ0n) is 13.1. The quantitative estimate of drug-likeness (QED) is 0.686. The summed E-state index contributed by atoms with van der Waals surface area (Å²) in [7, 11) is 0. The lowest BCUT2D eigenvalue weighted by Gasteiger charge is -2.35. The van der Waals surface area contributed by atoms with Gasteiger partial charge in [-0.05, 0) is 19.3 Å². The number of rotatable bonds is 7. The summed E-state index contributed by atoms with van der Waals surface area (Å²) in [5.74, 6) is -0.580. The molecule has 1 heterocycles. The van der Waals surface area contributed by atoms with Crippen molar-refractivity contribution in [2.24, 2.45) is 5.92 Å². The fourth-order valence-corrected chi connectivity index (χ4v) is 2.69. The summed E-state index contributed by atoms with van der Waals surface area (Å²) in [5, 5.41) is 11.9. The van der Waals surface area contributed by atoms with Crippen molar-refractivity contribution in [2.45, 2.75) is 38.6 Å². The van der Waals surface area contributed by atoms with Gasteiger partial charge >= 0.3 is 5.97 Å². The largest absolute Gasteiger partial charge is 0.480 e. The Morgan fingerprint density at radius 3 is 2.23 bits per heavy atom. The Labute approximate surface area is 130 Å². The highest BCUT2D eigenvalue weighted by Gasteiger charge is 2.35. The number of piperazine rings is 1. The maximum Gasteiger partial charge on any atom is 0.320 e. The zero-order valence-corrected chi connectivity index (χ0v) is 13.1. The van der Waals surface area contributed by atoms with Gasteiger partial charge in [0.15, 0.2) is 0 Å². The molecule has 2 N–H and O–H groups in total. The number of hydrogen-bond donors (Lipinski definition) is 2. The standard InChI is InChI=1S/C15H25N3O4/c1-2-3-12(15(21)22)16-10-13(19)17-6-8-18(9-7-17)14(20)11-4-5-11/h11-12,16H,2-10H2,1H3,(H,21,22). The highest BCUT2D eigenvalue weighted by atomic mass is 16.4. The number of hydrogen-bond acceptors (Lipinski definition) is 4. The lowest BCUT2D eigenvalue weighted by Crippen LogP contribution is -2.53. The van der Waals surface area contributed by atoms with E-state index in [2.05, 4.69) is 5.32 Å². The van der Waals surface area contributed by atoms with E-state index in [1.807, 2.05) is 11.8 Å². The maximum absolute atomic E-state index is 12.1. The molecule has 0 aromatic rings. The Balaban J connectivity index is 1.72. The van der Waals surface area contributed by atoms with E-state index in [1.165, 1.54) is 0 Å². The number of carboxylic acid groups (broad SMARTS) is 1. The smallest absolute Gasteiger partial charge is 0.320 e. The van der Waals surface area contributed by atoms with Crippen molar-refractivity contribution < 1.29 is 19.5 Å². The summed E-state index contributed by atoms with van der Waals surface area (Å²) in [6.45, 7) is 4.18. The molecule has 2 rings (SSSR count). The molecule has 0 spiro atoms. The Morgan fingerprint density at radius 1 is 1.14 bits per heavy atom. The van der Waals surface area contributed by atoms with Crippen LogP contribution >= 0.6 is 0 Å². The van der Waals surface area contributed by atoms with Gasteiger partial charge in [-0.15, -0.1) is 0 Å². The van der Waals surface area contributed by atoms with Crippen LogP contribution in [-0.4, -0.2) is 71.5 Å². The summed E-state index contributed by atoms with van der Waals surface area (Å²) in [6.07, 6.45) is 3.25. The molecule has 1 saturated carbocycles. The number of carboxylic acids is 1. The van der Waals surface area contributed by atoms with E-state index in [4.69, 9.17) is 5.11 Å². The van der Waals surface area contributed by atoms with Crippen molar-refractivity contribution >= 4 is 17.8 Å². The van der Waals surface area contributed by atoms with Gasteiger partial charge in [0.25, 0.3) is 0 Å². The molecule has 22 heavy (non-hydrogen) atoms. The van der Waals surface area contributed by atoms with Gasteiger partial charge in [0.2, 0.25) is 11.8 Å². The normalized spacial score (nSPS) is 19.9. The molecule has 0 aromatic heterocycles. The second kappa shape index (κ2) is 7.58. The van der Waals surface area contributed by atoms with E-state index < -0.39 is 12.0 Å². The molecular weight excluding hydrogens is 286 g/mol. The summed E-state index contributed by atoms with van der Waals surface area (Å²) in [5.41, 5.74) is 0. The van der Waals surface area contributed by atoms with Gasteiger partial charge < -0.3 is 14.9 Å². The average molecular weight is 311 g/mol. The molecule has 0 bridgehead atoms. The van der Waals surface area contributed by atoms with Crippen LogP contribution in [-0.2, 0) is 14.4 Å². The number of aliphatic carboxylic acids is 1. The molecule has 1 atom stereocenters. The first-order chi connectivity index (χ1) is 10.5. The van der Waals surface area contributed by atoms with Crippen LogP contribution in [0.5, 0.6) is 0 Å². The first kappa shape index (κ1) is 16.7. The molecule has 0 radical (unpaired) electrons. The molecule has 1 aliphatic heterocycles. The zero-order chi connectivity index (χ0) is 16.1. The lowest BCUT2D eigenvalue weighted by atomic mass is 10.1. The minimum absolute atomic E-state index is 0.0353. The molecule has 1 saturated heterocycles. The molecule has 1 aliphatic carbocycles. The molecule has 124 valence electrons. The van der Waals surface area contributed by atoms with E-state index in [9.17, 15) is 14.4 Å². The van der Waals surface area contributed by atoms with Crippen molar-refractivity contribution in [3.63, 3.8) is 0 Å². The van der Waals surface area contributed by atoms with Gasteiger partial charge in [0, 0.05) is 32.1 Å². The Morgan fingerprint density at radius 2 is 1.73 bits per heavy atom. The average Bonchev–Trinajstić information content (AvgIpc) is 3.35. The van der Waals surface area contributed by atoms with E-state index in [0.29, 0.717) is 32.6 Å². The third-order valence-electron chi connectivity index (χ3n) is 4.25. The van der Waals surface area contributed by atoms with Crippen molar-refractivity contribution in [2.75, 3.05) is 32.7 Å². The van der Waals surface area contributed by atoms with Crippen molar-refractivity contribution in [3.05, 3.63) is 0 Å². The third kappa shape index (κ3) is 4.43. The maximum atomic E-state index is 12.1. The molecule has 2 aliphatic rings. The highest BCUT2D eigenvalue weighted by Crippen LogP contribution is 2.31. The van der Waals surface area contributed by atoms with Gasteiger partial charge in [-0.3, -0.25) is 19.7 Å². The van der Waals surface area contributed by atoms with E-state index in [0.717, 1.165) is 19.3 Å². The summed E-state index contributed by atoms with van der Waals surface area (Å²) >= 11 is 0. The fourth-order valence-electron chi connectivity index (χ4n) is 2.69. The van der Waals surface area contributed by atoms with Gasteiger partial charge in [-0.1, -0.05) is 13.3 Å². The number of carbonyl (C=O) groups excluding carboxylic acids is 2. The Kier molecular flexibility index (Phi) is 5.76. The van der Waals surface area contributed by atoms with Gasteiger partial charge in [-0.2, -0.15) is 0 Å². The monoisotopic (exact) mass is 311 g/mol.